The maximum absolute atomic E-state index is 12.5. The van der Waals surface area contributed by atoms with Crippen LogP contribution in [0.3, 0.4) is 0 Å². The fourth-order valence-corrected chi connectivity index (χ4v) is 3.41. The van der Waals surface area contributed by atoms with Crippen molar-refractivity contribution in [3.05, 3.63) is 84.7 Å². The Morgan fingerprint density at radius 1 is 1.12 bits per heavy atom. The largest absolute Gasteiger partial charge is 0.291 e. The first-order valence-corrected chi connectivity index (χ1v) is 8.56. The van der Waals surface area contributed by atoms with Crippen molar-refractivity contribution < 1.29 is 4.92 Å². The van der Waals surface area contributed by atoms with Crippen molar-refractivity contribution in [2.24, 2.45) is 0 Å². The van der Waals surface area contributed by atoms with Crippen LogP contribution in [-0.4, -0.2) is 19.5 Å². The molecule has 128 valence electrons. The highest BCUT2D eigenvalue weighted by Gasteiger charge is 2.12. The molecule has 7 nitrogen and oxygen atoms in total. The number of benzene rings is 2. The molecule has 8 heteroatoms. The molecule has 0 radical (unpaired) electrons. The van der Waals surface area contributed by atoms with E-state index in [1.807, 2.05) is 31.2 Å². The lowest BCUT2D eigenvalue weighted by Gasteiger charge is -1.95. The van der Waals surface area contributed by atoms with E-state index in [1.54, 1.807) is 18.2 Å². The van der Waals surface area contributed by atoms with E-state index in [9.17, 15) is 14.9 Å². The fraction of sp³-hybridized carbons (Fsp3) is 0.0556. The Hall–Kier alpha value is -3.39. The minimum atomic E-state index is -0.460. The number of aromatic nitrogens is 3. The minimum Gasteiger partial charge on any atom is -0.266 e. The van der Waals surface area contributed by atoms with Crippen LogP contribution in [0.25, 0.3) is 22.4 Å². The topological polar surface area (TPSA) is 90.4 Å². The number of nitrogens with zero attached hydrogens (tertiary/aromatic N) is 4. The molecule has 0 amide bonds. The van der Waals surface area contributed by atoms with E-state index in [-0.39, 0.29) is 11.2 Å². The molecule has 4 rings (SSSR count). The van der Waals surface area contributed by atoms with E-state index < -0.39 is 4.92 Å². The number of hydrogen-bond donors (Lipinski definition) is 0. The van der Waals surface area contributed by atoms with E-state index in [2.05, 4.69) is 10.1 Å². The SMILES string of the molecule is Cc1ccc(-c2nc3sc(=Cc4ccc([N+](=O)[O-])cc4)c(=O)n3n2)cc1. The zero-order chi connectivity index (χ0) is 18.3. The Balaban J connectivity index is 1.74. The molecule has 26 heavy (non-hydrogen) atoms. The Labute approximate surface area is 151 Å². The summed E-state index contributed by atoms with van der Waals surface area (Å²) in [5, 5.41) is 15.0. The van der Waals surface area contributed by atoms with Gasteiger partial charge in [-0.2, -0.15) is 9.50 Å². The van der Waals surface area contributed by atoms with Crippen LogP contribution in [0.4, 0.5) is 5.69 Å². The van der Waals surface area contributed by atoms with E-state index in [4.69, 9.17) is 0 Å². The quantitative estimate of drug-likeness (QED) is 0.412. The first-order chi connectivity index (χ1) is 12.5. The molecule has 0 saturated carbocycles. The third kappa shape index (κ3) is 2.86. The number of rotatable bonds is 3. The number of nitro groups is 1. The lowest BCUT2D eigenvalue weighted by Crippen LogP contribution is -2.23. The van der Waals surface area contributed by atoms with Crippen LogP contribution in [0.5, 0.6) is 0 Å². The van der Waals surface area contributed by atoms with Crippen LogP contribution >= 0.6 is 11.3 Å². The van der Waals surface area contributed by atoms with Gasteiger partial charge in [0.2, 0.25) is 4.96 Å². The molecular formula is C18H12N4O3S. The van der Waals surface area contributed by atoms with Crippen LogP contribution in [0.1, 0.15) is 11.1 Å². The van der Waals surface area contributed by atoms with Gasteiger partial charge in [0.1, 0.15) is 0 Å². The van der Waals surface area contributed by atoms with Gasteiger partial charge in [-0.25, -0.2) is 0 Å². The summed E-state index contributed by atoms with van der Waals surface area (Å²) in [7, 11) is 0. The molecule has 0 aliphatic heterocycles. The van der Waals surface area contributed by atoms with Gasteiger partial charge in [0.25, 0.3) is 11.2 Å². The molecule has 0 bridgehead atoms. The summed E-state index contributed by atoms with van der Waals surface area (Å²) >= 11 is 1.24. The second-order valence-corrected chi connectivity index (χ2v) is 6.77. The number of thiazole rings is 1. The molecule has 0 N–H and O–H groups in total. The van der Waals surface area contributed by atoms with Gasteiger partial charge in [-0.15, -0.1) is 5.10 Å². The summed E-state index contributed by atoms with van der Waals surface area (Å²) in [6.45, 7) is 2.00. The average Bonchev–Trinajstić information content (AvgIpc) is 3.16. The number of non-ortho nitro benzene ring substituents is 1. The number of fused-ring (bicyclic) bond motifs is 1. The number of nitro benzene ring substituents is 1. The molecular weight excluding hydrogens is 352 g/mol. The van der Waals surface area contributed by atoms with Gasteiger partial charge in [-0.05, 0) is 30.7 Å². The van der Waals surface area contributed by atoms with Crippen molar-refractivity contribution in [2.75, 3.05) is 0 Å². The minimum absolute atomic E-state index is 0.00915. The van der Waals surface area contributed by atoms with Gasteiger partial charge in [0.05, 0.1) is 9.46 Å². The Bertz CT molecular complexity index is 1220. The predicted octanol–water partition coefficient (Wildman–Crippen LogP) is 2.58. The molecule has 0 unspecified atom stereocenters. The Morgan fingerprint density at radius 2 is 1.81 bits per heavy atom. The second kappa shape index (κ2) is 6.16. The van der Waals surface area contributed by atoms with Gasteiger partial charge >= 0.3 is 0 Å². The standard InChI is InChI=1S/C18H12N4O3S/c1-11-2-6-13(7-3-11)16-19-18-21(20-16)17(23)15(26-18)10-12-4-8-14(9-5-12)22(24)25/h2-10H,1H3. The molecule has 2 aromatic carbocycles. The van der Waals surface area contributed by atoms with Crippen molar-refractivity contribution >= 4 is 28.1 Å². The monoisotopic (exact) mass is 364 g/mol. The lowest BCUT2D eigenvalue weighted by atomic mass is 10.1. The van der Waals surface area contributed by atoms with Crippen molar-refractivity contribution in [1.29, 1.82) is 0 Å². The zero-order valence-electron chi connectivity index (χ0n) is 13.6. The van der Waals surface area contributed by atoms with E-state index in [1.165, 1.54) is 28.0 Å². The maximum atomic E-state index is 12.5. The van der Waals surface area contributed by atoms with Crippen molar-refractivity contribution in [2.45, 2.75) is 6.92 Å². The molecule has 0 fully saturated rings. The summed E-state index contributed by atoms with van der Waals surface area (Å²) in [4.78, 5) is 27.7. The smallest absolute Gasteiger partial charge is 0.266 e. The molecule has 0 atom stereocenters. The first-order valence-electron chi connectivity index (χ1n) is 7.74. The van der Waals surface area contributed by atoms with Crippen LogP contribution in [0.15, 0.2) is 53.3 Å². The van der Waals surface area contributed by atoms with Crippen molar-refractivity contribution in [3.8, 4) is 11.4 Å². The Kier molecular flexibility index (Phi) is 3.81. The third-order valence-corrected chi connectivity index (χ3v) is 4.85. The van der Waals surface area contributed by atoms with Crippen LogP contribution < -0.4 is 10.1 Å². The van der Waals surface area contributed by atoms with E-state index >= 15 is 0 Å². The van der Waals surface area contributed by atoms with Gasteiger partial charge in [0.15, 0.2) is 5.82 Å². The second-order valence-electron chi connectivity index (χ2n) is 5.76. The van der Waals surface area contributed by atoms with Gasteiger partial charge in [-0.1, -0.05) is 41.2 Å². The van der Waals surface area contributed by atoms with Crippen LogP contribution in [-0.2, 0) is 0 Å². The lowest BCUT2D eigenvalue weighted by molar-refractivity contribution is -0.384. The molecule has 2 aromatic heterocycles. The van der Waals surface area contributed by atoms with Gasteiger partial charge in [-0.3, -0.25) is 14.9 Å². The van der Waals surface area contributed by atoms with Crippen molar-refractivity contribution in [3.63, 3.8) is 0 Å². The van der Waals surface area contributed by atoms with Crippen molar-refractivity contribution in [1.82, 2.24) is 14.6 Å². The Morgan fingerprint density at radius 3 is 2.42 bits per heavy atom. The zero-order valence-corrected chi connectivity index (χ0v) is 14.4. The van der Waals surface area contributed by atoms with Gasteiger partial charge in [0, 0.05) is 17.7 Å². The van der Waals surface area contributed by atoms with Crippen LogP contribution in [0, 0.1) is 17.0 Å². The summed E-state index contributed by atoms with van der Waals surface area (Å²) in [6, 6.07) is 13.8. The fourth-order valence-electron chi connectivity index (χ4n) is 2.50. The number of hydrogen-bond acceptors (Lipinski definition) is 6. The van der Waals surface area contributed by atoms with E-state index in [0.29, 0.717) is 20.9 Å². The normalized spacial score (nSPS) is 12.0. The summed E-state index contributed by atoms with van der Waals surface area (Å²) in [5.74, 6) is 0.509. The molecule has 0 aliphatic rings. The third-order valence-electron chi connectivity index (χ3n) is 3.89. The molecule has 0 spiro atoms. The molecule has 4 aromatic rings. The molecule has 2 heterocycles. The summed E-state index contributed by atoms with van der Waals surface area (Å²) < 4.78 is 1.76. The highest BCUT2D eigenvalue weighted by atomic mass is 32.1. The molecule has 0 aliphatic carbocycles. The predicted molar refractivity (Wildman–Crippen MR) is 99.2 cm³/mol. The average molecular weight is 364 g/mol. The molecule has 0 saturated heterocycles. The van der Waals surface area contributed by atoms with Crippen LogP contribution in [0.2, 0.25) is 0 Å². The summed E-state index contributed by atoms with van der Waals surface area (Å²) in [5.41, 5.74) is 2.45. The maximum Gasteiger partial charge on any atom is 0.291 e. The van der Waals surface area contributed by atoms with E-state index in [0.717, 1.165) is 11.1 Å². The first kappa shape index (κ1) is 16.1. The highest BCUT2D eigenvalue weighted by Crippen LogP contribution is 2.17. The van der Waals surface area contributed by atoms with Gasteiger partial charge < -0.3 is 0 Å². The highest BCUT2D eigenvalue weighted by molar-refractivity contribution is 7.15. The number of aryl methyl sites for hydroxylation is 1. The summed E-state index contributed by atoms with van der Waals surface area (Å²) in [6.07, 6.45) is 1.68.